The van der Waals surface area contributed by atoms with Gasteiger partial charge in [-0.1, -0.05) is 0 Å². The van der Waals surface area contributed by atoms with Crippen LogP contribution in [0.15, 0.2) is 12.4 Å². The summed E-state index contributed by atoms with van der Waals surface area (Å²) in [6, 6.07) is 0. The molecule has 0 bridgehead atoms. The summed E-state index contributed by atoms with van der Waals surface area (Å²) >= 11 is 0. The molecule has 0 aliphatic heterocycles. The van der Waals surface area contributed by atoms with Crippen LogP contribution in [0.5, 0.6) is 5.88 Å². The van der Waals surface area contributed by atoms with Gasteiger partial charge in [-0.25, -0.2) is 14.8 Å². The lowest BCUT2D eigenvalue weighted by molar-refractivity contribution is 0.0689. The van der Waals surface area contributed by atoms with Gasteiger partial charge in [0.1, 0.15) is 6.10 Å². The van der Waals surface area contributed by atoms with Crippen molar-refractivity contribution in [3.63, 3.8) is 0 Å². The third-order valence-electron chi connectivity index (χ3n) is 2.19. The molecule has 1 aliphatic rings. The van der Waals surface area contributed by atoms with Crippen LogP contribution in [0.3, 0.4) is 0 Å². The highest BCUT2D eigenvalue weighted by Gasteiger charge is 2.19. The fraction of sp³-hybridized carbons (Fsp3) is 0.444. The molecule has 2 rings (SSSR count). The van der Waals surface area contributed by atoms with Crippen molar-refractivity contribution in [1.82, 2.24) is 9.97 Å². The molecule has 1 saturated carbocycles. The molecule has 5 heteroatoms. The van der Waals surface area contributed by atoms with E-state index in [1.807, 2.05) is 0 Å². The predicted molar refractivity (Wildman–Crippen MR) is 47.3 cm³/mol. The van der Waals surface area contributed by atoms with Crippen molar-refractivity contribution >= 4 is 5.97 Å². The topological polar surface area (TPSA) is 72.3 Å². The monoisotopic (exact) mass is 194 g/mol. The molecule has 5 nitrogen and oxygen atoms in total. The molecule has 14 heavy (non-hydrogen) atoms. The van der Waals surface area contributed by atoms with Crippen molar-refractivity contribution < 1.29 is 14.6 Å². The van der Waals surface area contributed by atoms with Crippen LogP contribution in [0.25, 0.3) is 0 Å². The number of aromatic nitrogens is 2. The van der Waals surface area contributed by atoms with E-state index in [9.17, 15) is 4.79 Å². The van der Waals surface area contributed by atoms with E-state index in [-0.39, 0.29) is 11.8 Å². The van der Waals surface area contributed by atoms with E-state index < -0.39 is 5.97 Å². The maximum Gasteiger partial charge on any atom is 0.356 e. The van der Waals surface area contributed by atoms with Gasteiger partial charge in [0, 0.05) is 0 Å². The molecule has 0 spiro atoms. The van der Waals surface area contributed by atoms with Gasteiger partial charge >= 0.3 is 5.97 Å². The Hall–Kier alpha value is -1.65. The number of carbonyl (C=O) groups is 1. The normalized spacial score (nSPS) is 16.0. The minimum absolute atomic E-state index is 0.0639. The highest BCUT2D eigenvalue weighted by molar-refractivity contribution is 5.84. The summed E-state index contributed by atoms with van der Waals surface area (Å²) in [4.78, 5) is 18.0. The summed E-state index contributed by atoms with van der Waals surface area (Å²) in [7, 11) is 0. The van der Waals surface area contributed by atoms with E-state index in [1.165, 1.54) is 18.8 Å². The first-order valence-electron chi connectivity index (χ1n) is 4.48. The van der Waals surface area contributed by atoms with Crippen molar-refractivity contribution in [2.24, 2.45) is 0 Å². The molecular formula is C9H10N2O3. The molecule has 1 aliphatic carbocycles. The molecule has 0 amide bonds. The summed E-state index contributed by atoms with van der Waals surface area (Å²) in [5.74, 6) is -0.674. The van der Waals surface area contributed by atoms with Gasteiger partial charge in [-0.15, -0.1) is 0 Å². The number of aromatic carboxylic acids is 1. The van der Waals surface area contributed by atoms with Gasteiger partial charge in [0.25, 0.3) is 0 Å². The Morgan fingerprint density at radius 1 is 1.43 bits per heavy atom. The minimum Gasteiger partial charge on any atom is -0.476 e. The number of carboxylic acid groups (broad SMARTS) is 1. The Bertz CT molecular complexity index is 332. The Labute approximate surface area is 80.8 Å². The Morgan fingerprint density at radius 3 is 2.64 bits per heavy atom. The van der Waals surface area contributed by atoms with Gasteiger partial charge in [0.2, 0.25) is 5.88 Å². The third kappa shape index (κ3) is 1.81. The van der Waals surface area contributed by atoms with Crippen LogP contribution < -0.4 is 4.74 Å². The summed E-state index contributed by atoms with van der Waals surface area (Å²) in [6.07, 6.45) is 6.06. The van der Waals surface area contributed by atoms with Crippen LogP contribution in [-0.4, -0.2) is 27.1 Å². The molecular weight excluding hydrogens is 184 g/mol. The van der Waals surface area contributed by atoms with Gasteiger partial charge < -0.3 is 9.84 Å². The highest BCUT2D eigenvalue weighted by atomic mass is 16.5. The number of ether oxygens (including phenoxy) is 1. The number of hydrogen-bond acceptors (Lipinski definition) is 4. The van der Waals surface area contributed by atoms with Crippen LogP contribution in [0.1, 0.15) is 29.8 Å². The lowest BCUT2D eigenvalue weighted by atomic mass is 9.96. The zero-order valence-corrected chi connectivity index (χ0v) is 7.51. The first-order chi connectivity index (χ1) is 6.75. The van der Waals surface area contributed by atoms with Gasteiger partial charge in [-0.2, -0.15) is 0 Å². The molecule has 1 N–H and O–H groups in total. The second-order valence-corrected chi connectivity index (χ2v) is 3.22. The van der Waals surface area contributed by atoms with E-state index in [0.29, 0.717) is 5.88 Å². The highest BCUT2D eigenvalue weighted by Crippen LogP contribution is 2.23. The van der Waals surface area contributed by atoms with E-state index in [4.69, 9.17) is 9.84 Å². The van der Waals surface area contributed by atoms with Crippen LogP contribution in [0, 0.1) is 0 Å². The van der Waals surface area contributed by atoms with E-state index in [2.05, 4.69) is 9.97 Å². The van der Waals surface area contributed by atoms with Crippen LogP contribution >= 0.6 is 0 Å². The largest absolute Gasteiger partial charge is 0.476 e. The van der Waals surface area contributed by atoms with Gasteiger partial charge in [0.05, 0.1) is 12.4 Å². The second kappa shape index (κ2) is 3.61. The van der Waals surface area contributed by atoms with E-state index in [1.54, 1.807) is 0 Å². The lowest BCUT2D eigenvalue weighted by Crippen LogP contribution is -2.25. The zero-order valence-electron chi connectivity index (χ0n) is 7.51. The molecule has 0 radical (unpaired) electrons. The average Bonchev–Trinajstić information content (AvgIpc) is 2.12. The number of carboxylic acids is 1. The number of rotatable bonds is 3. The van der Waals surface area contributed by atoms with Gasteiger partial charge in [0.15, 0.2) is 5.69 Å². The van der Waals surface area contributed by atoms with Crippen molar-refractivity contribution in [1.29, 1.82) is 0 Å². The van der Waals surface area contributed by atoms with Crippen LogP contribution in [0.4, 0.5) is 0 Å². The molecule has 74 valence electrons. The second-order valence-electron chi connectivity index (χ2n) is 3.22. The molecule has 1 fully saturated rings. The molecule has 0 saturated heterocycles. The third-order valence-corrected chi connectivity index (χ3v) is 2.19. The van der Waals surface area contributed by atoms with E-state index >= 15 is 0 Å². The van der Waals surface area contributed by atoms with Gasteiger partial charge in [-0.05, 0) is 19.3 Å². The summed E-state index contributed by atoms with van der Waals surface area (Å²) in [5, 5.41) is 8.57. The predicted octanol–water partition coefficient (Wildman–Crippen LogP) is 1.11. The maximum absolute atomic E-state index is 10.5. The molecule has 1 heterocycles. The van der Waals surface area contributed by atoms with Crippen LogP contribution in [-0.2, 0) is 0 Å². The summed E-state index contributed by atoms with van der Waals surface area (Å²) in [6.45, 7) is 0. The van der Waals surface area contributed by atoms with Crippen molar-refractivity contribution in [3.05, 3.63) is 18.1 Å². The smallest absolute Gasteiger partial charge is 0.356 e. The molecule has 1 aromatic rings. The maximum atomic E-state index is 10.5. The minimum atomic E-state index is -1.08. The first kappa shape index (κ1) is 8.93. The zero-order chi connectivity index (χ0) is 9.97. The SMILES string of the molecule is O=C(O)c1cnc(OC2CCC2)cn1. The van der Waals surface area contributed by atoms with E-state index in [0.717, 1.165) is 12.8 Å². The van der Waals surface area contributed by atoms with Crippen LogP contribution in [0.2, 0.25) is 0 Å². The quantitative estimate of drug-likeness (QED) is 0.780. The summed E-state index contributed by atoms with van der Waals surface area (Å²) in [5.41, 5.74) is -0.0639. The fourth-order valence-electron chi connectivity index (χ4n) is 1.15. The number of hydrogen-bond donors (Lipinski definition) is 1. The fourth-order valence-corrected chi connectivity index (χ4v) is 1.15. The number of nitrogens with zero attached hydrogens (tertiary/aromatic N) is 2. The standard InChI is InChI=1S/C9H10N2O3/c12-9(13)7-4-11-8(5-10-7)14-6-2-1-3-6/h4-6H,1-3H2,(H,12,13). The molecule has 0 unspecified atom stereocenters. The van der Waals surface area contributed by atoms with Gasteiger partial charge in [-0.3, -0.25) is 0 Å². The molecule has 0 aromatic carbocycles. The Balaban J connectivity index is 2.01. The molecule has 0 atom stereocenters. The first-order valence-corrected chi connectivity index (χ1v) is 4.48. The lowest BCUT2D eigenvalue weighted by Gasteiger charge is -2.25. The molecule has 1 aromatic heterocycles. The van der Waals surface area contributed by atoms with Crippen molar-refractivity contribution in [3.8, 4) is 5.88 Å². The summed E-state index contributed by atoms with van der Waals surface area (Å²) < 4.78 is 5.42. The Morgan fingerprint density at radius 2 is 2.21 bits per heavy atom. The Kier molecular flexibility index (Phi) is 2.30. The average molecular weight is 194 g/mol. The van der Waals surface area contributed by atoms with Crippen molar-refractivity contribution in [2.45, 2.75) is 25.4 Å². The van der Waals surface area contributed by atoms with Crippen molar-refractivity contribution in [2.75, 3.05) is 0 Å².